The van der Waals surface area contributed by atoms with Crippen molar-refractivity contribution in [3.05, 3.63) is 29.8 Å². The van der Waals surface area contributed by atoms with Crippen molar-refractivity contribution in [2.45, 2.75) is 11.1 Å². The molecule has 0 saturated carbocycles. The number of rotatable bonds is 3. The molecule has 0 aliphatic carbocycles. The van der Waals surface area contributed by atoms with Crippen molar-refractivity contribution in [3.8, 4) is 0 Å². The van der Waals surface area contributed by atoms with E-state index in [-0.39, 0.29) is 0 Å². The molecule has 0 aliphatic heterocycles. The first-order valence-corrected chi connectivity index (χ1v) is 4.73. The molecular formula is C9H9FOS. The van der Waals surface area contributed by atoms with Crippen LogP contribution in [0.25, 0.3) is 0 Å². The molecule has 0 saturated heterocycles. The van der Waals surface area contributed by atoms with Crippen molar-refractivity contribution < 1.29 is 9.18 Å². The molecule has 12 heavy (non-hydrogen) atoms. The van der Waals surface area contributed by atoms with Gasteiger partial charge >= 0.3 is 0 Å². The zero-order valence-electron chi connectivity index (χ0n) is 6.66. The van der Waals surface area contributed by atoms with Gasteiger partial charge in [-0.2, -0.15) is 0 Å². The van der Waals surface area contributed by atoms with Crippen molar-refractivity contribution in [2.24, 2.45) is 0 Å². The molecule has 0 heterocycles. The zero-order chi connectivity index (χ0) is 8.97. The van der Waals surface area contributed by atoms with E-state index in [1.807, 2.05) is 6.26 Å². The van der Waals surface area contributed by atoms with E-state index >= 15 is 0 Å². The Morgan fingerprint density at radius 1 is 1.42 bits per heavy atom. The molecule has 3 heteroatoms. The molecule has 0 aromatic heterocycles. The summed E-state index contributed by atoms with van der Waals surface area (Å²) < 4.78 is 12.7. The van der Waals surface area contributed by atoms with E-state index in [4.69, 9.17) is 0 Å². The first-order valence-electron chi connectivity index (χ1n) is 3.51. The molecular weight excluding hydrogens is 175 g/mol. The number of halogens is 1. The second kappa shape index (κ2) is 4.26. The summed E-state index contributed by atoms with van der Waals surface area (Å²) in [6.45, 7) is 0. The van der Waals surface area contributed by atoms with Crippen molar-refractivity contribution in [1.82, 2.24) is 0 Å². The van der Waals surface area contributed by atoms with Crippen LogP contribution in [-0.4, -0.2) is 12.5 Å². The first kappa shape index (κ1) is 9.26. The number of alkyl halides is 1. The van der Waals surface area contributed by atoms with Crippen molar-refractivity contribution in [1.29, 1.82) is 0 Å². The fourth-order valence-corrected chi connectivity index (χ4v) is 1.27. The number of benzene rings is 1. The monoisotopic (exact) mass is 184 g/mol. The summed E-state index contributed by atoms with van der Waals surface area (Å²) in [5.41, 5.74) is 0.419. The van der Waals surface area contributed by atoms with Crippen LogP contribution in [0.4, 0.5) is 4.39 Å². The Labute approximate surface area is 75.0 Å². The average molecular weight is 184 g/mol. The van der Waals surface area contributed by atoms with Gasteiger partial charge in [-0.3, -0.25) is 4.79 Å². The maximum Gasteiger partial charge on any atom is 0.180 e. The molecule has 0 spiro atoms. The standard InChI is InChI=1S/C9H9FOS/c1-12-8-4-2-7(3-5-8)9(10)6-11/h2-6,9H,1H3. The quantitative estimate of drug-likeness (QED) is 0.530. The minimum absolute atomic E-state index is 0.300. The number of aldehydes is 1. The van der Waals surface area contributed by atoms with E-state index in [0.29, 0.717) is 11.8 Å². The Bertz CT molecular complexity index is 258. The Hall–Kier alpha value is -0.830. The Morgan fingerprint density at radius 2 is 2.00 bits per heavy atom. The lowest BCUT2D eigenvalue weighted by atomic mass is 10.1. The topological polar surface area (TPSA) is 17.1 Å². The fraction of sp³-hybridized carbons (Fsp3) is 0.222. The normalized spacial score (nSPS) is 12.5. The van der Waals surface area contributed by atoms with E-state index in [2.05, 4.69) is 0 Å². The molecule has 1 rings (SSSR count). The Morgan fingerprint density at radius 3 is 2.42 bits per heavy atom. The van der Waals surface area contributed by atoms with E-state index in [1.165, 1.54) is 0 Å². The van der Waals surface area contributed by atoms with Gasteiger partial charge in [0.05, 0.1) is 0 Å². The molecule has 1 nitrogen and oxygen atoms in total. The lowest BCUT2D eigenvalue weighted by molar-refractivity contribution is -0.112. The lowest BCUT2D eigenvalue weighted by Gasteiger charge is -2.01. The van der Waals surface area contributed by atoms with Gasteiger partial charge in [-0.15, -0.1) is 11.8 Å². The van der Waals surface area contributed by atoms with Crippen LogP contribution in [0.5, 0.6) is 0 Å². The zero-order valence-corrected chi connectivity index (χ0v) is 7.48. The molecule has 0 bridgehead atoms. The predicted molar refractivity (Wildman–Crippen MR) is 48.1 cm³/mol. The average Bonchev–Trinajstić information content (AvgIpc) is 2.17. The minimum Gasteiger partial charge on any atom is -0.300 e. The van der Waals surface area contributed by atoms with Gasteiger partial charge in [0.25, 0.3) is 0 Å². The van der Waals surface area contributed by atoms with Gasteiger partial charge in [0, 0.05) is 4.90 Å². The maximum absolute atomic E-state index is 12.7. The third-order valence-corrected chi connectivity index (χ3v) is 2.30. The van der Waals surface area contributed by atoms with Crippen molar-refractivity contribution in [3.63, 3.8) is 0 Å². The first-order chi connectivity index (χ1) is 5.77. The Balaban J connectivity index is 2.84. The van der Waals surface area contributed by atoms with Crippen LogP contribution in [0, 0.1) is 0 Å². The summed E-state index contributed by atoms with van der Waals surface area (Å²) in [6, 6.07) is 6.86. The molecule has 0 radical (unpaired) electrons. The van der Waals surface area contributed by atoms with Gasteiger partial charge in [0.15, 0.2) is 12.5 Å². The van der Waals surface area contributed by atoms with E-state index in [0.717, 1.165) is 4.90 Å². The summed E-state index contributed by atoms with van der Waals surface area (Å²) in [5.74, 6) is 0. The molecule has 0 amide bonds. The van der Waals surface area contributed by atoms with Crippen LogP contribution in [-0.2, 0) is 4.79 Å². The molecule has 0 N–H and O–H groups in total. The number of hydrogen-bond donors (Lipinski definition) is 0. The van der Waals surface area contributed by atoms with Crippen LogP contribution in [0.15, 0.2) is 29.2 Å². The molecule has 1 unspecified atom stereocenters. The predicted octanol–water partition coefficient (Wildman–Crippen LogP) is 2.62. The smallest absolute Gasteiger partial charge is 0.180 e. The van der Waals surface area contributed by atoms with E-state index in [9.17, 15) is 9.18 Å². The lowest BCUT2D eigenvalue weighted by Crippen LogP contribution is -1.91. The van der Waals surface area contributed by atoms with Gasteiger partial charge in [0.2, 0.25) is 0 Å². The third-order valence-electron chi connectivity index (χ3n) is 1.55. The van der Waals surface area contributed by atoms with Crippen LogP contribution in [0.3, 0.4) is 0 Å². The highest BCUT2D eigenvalue weighted by molar-refractivity contribution is 7.98. The third kappa shape index (κ3) is 2.08. The summed E-state index contributed by atoms with van der Waals surface area (Å²) in [5, 5.41) is 0. The number of thioether (sulfide) groups is 1. The van der Waals surface area contributed by atoms with Gasteiger partial charge < -0.3 is 0 Å². The molecule has 0 fully saturated rings. The Kier molecular flexibility index (Phi) is 3.29. The fourth-order valence-electron chi connectivity index (χ4n) is 0.866. The molecule has 0 aliphatic rings. The van der Waals surface area contributed by atoms with Crippen LogP contribution < -0.4 is 0 Å². The number of hydrogen-bond acceptors (Lipinski definition) is 2. The van der Waals surface area contributed by atoms with Crippen LogP contribution in [0.2, 0.25) is 0 Å². The number of carbonyl (C=O) groups excluding carboxylic acids is 1. The molecule has 1 atom stereocenters. The van der Waals surface area contributed by atoms with E-state index in [1.54, 1.807) is 36.0 Å². The molecule has 64 valence electrons. The van der Waals surface area contributed by atoms with Gasteiger partial charge in [0.1, 0.15) is 0 Å². The van der Waals surface area contributed by atoms with Crippen LogP contribution in [0.1, 0.15) is 11.7 Å². The largest absolute Gasteiger partial charge is 0.300 e. The minimum atomic E-state index is -1.49. The number of carbonyl (C=O) groups is 1. The molecule has 1 aromatic rings. The second-order valence-electron chi connectivity index (χ2n) is 2.31. The maximum atomic E-state index is 12.7. The van der Waals surface area contributed by atoms with Crippen molar-refractivity contribution >= 4 is 18.0 Å². The van der Waals surface area contributed by atoms with E-state index < -0.39 is 6.17 Å². The highest BCUT2D eigenvalue weighted by Crippen LogP contribution is 2.19. The van der Waals surface area contributed by atoms with Gasteiger partial charge in [-0.1, -0.05) is 12.1 Å². The van der Waals surface area contributed by atoms with Crippen molar-refractivity contribution in [2.75, 3.05) is 6.26 Å². The highest BCUT2D eigenvalue weighted by Gasteiger charge is 2.06. The van der Waals surface area contributed by atoms with Gasteiger partial charge in [-0.25, -0.2) is 4.39 Å². The second-order valence-corrected chi connectivity index (χ2v) is 3.19. The summed E-state index contributed by atoms with van der Waals surface area (Å²) in [7, 11) is 0. The SMILES string of the molecule is CSc1ccc(C(F)C=O)cc1. The summed E-state index contributed by atoms with van der Waals surface area (Å²) >= 11 is 1.59. The highest BCUT2D eigenvalue weighted by atomic mass is 32.2. The summed E-state index contributed by atoms with van der Waals surface area (Å²) in [6.07, 6.45) is 0.761. The van der Waals surface area contributed by atoms with Gasteiger partial charge in [-0.05, 0) is 24.0 Å². The van der Waals surface area contributed by atoms with Crippen LogP contribution >= 0.6 is 11.8 Å². The summed E-state index contributed by atoms with van der Waals surface area (Å²) in [4.78, 5) is 11.1. The molecule has 1 aromatic carbocycles.